The number of likely N-dealkylation sites (N-methyl/N-ethyl adjacent to an activating group) is 1. The van der Waals surface area contributed by atoms with Gasteiger partial charge in [0.05, 0.1) is 0 Å². The standard InChI is InChI=1S/C24H27N3O3/c1-16(28)17-4-3-5-18(14-17)22-10-11-23(30-22)24(29)26-19-6-8-21(9-7-19)27-13-12-20(15-27)25-2/h3-10,14,20,23,25H,11-13,15H2,1-2H3,(H,26,29). The average molecular weight is 405 g/mol. The van der Waals surface area contributed by atoms with Crippen LogP contribution in [0.25, 0.3) is 5.76 Å². The smallest absolute Gasteiger partial charge is 0.265 e. The third kappa shape index (κ3) is 4.39. The van der Waals surface area contributed by atoms with Crippen molar-refractivity contribution in [3.05, 3.63) is 65.7 Å². The molecule has 0 bridgehead atoms. The highest BCUT2D eigenvalue weighted by Gasteiger charge is 2.27. The molecule has 2 unspecified atom stereocenters. The van der Waals surface area contributed by atoms with Crippen molar-refractivity contribution in [2.45, 2.75) is 31.9 Å². The van der Waals surface area contributed by atoms with Crippen LogP contribution in [0, 0.1) is 0 Å². The molecule has 1 fully saturated rings. The zero-order valence-electron chi connectivity index (χ0n) is 17.4. The summed E-state index contributed by atoms with van der Waals surface area (Å²) < 4.78 is 5.87. The molecule has 2 aromatic rings. The van der Waals surface area contributed by atoms with Crippen LogP contribution in [0.5, 0.6) is 0 Å². The number of rotatable bonds is 6. The number of nitrogens with one attached hydrogen (secondary N) is 2. The lowest BCUT2D eigenvalue weighted by Crippen LogP contribution is -2.29. The number of nitrogens with zero attached hydrogens (tertiary/aromatic N) is 1. The Morgan fingerprint density at radius 2 is 1.93 bits per heavy atom. The van der Waals surface area contributed by atoms with E-state index >= 15 is 0 Å². The van der Waals surface area contributed by atoms with Crippen molar-refractivity contribution in [1.82, 2.24) is 5.32 Å². The molecule has 6 heteroatoms. The molecule has 2 heterocycles. The van der Waals surface area contributed by atoms with Crippen molar-refractivity contribution in [3.63, 3.8) is 0 Å². The third-order valence-electron chi connectivity index (χ3n) is 5.73. The molecule has 2 N–H and O–H groups in total. The molecule has 4 rings (SSSR count). The monoisotopic (exact) mass is 405 g/mol. The van der Waals surface area contributed by atoms with Crippen LogP contribution in [0.1, 0.15) is 35.7 Å². The van der Waals surface area contributed by atoms with Crippen LogP contribution in [0.2, 0.25) is 0 Å². The normalized spacial score (nSPS) is 20.6. The number of anilines is 2. The van der Waals surface area contributed by atoms with Crippen molar-refractivity contribution in [3.8, 4) is 0 Å². The molecule has 2 aliphatic heterocycles. The highest BCUT2D eigenvalue weighted by atomic mass is 16.5. The van der Waals surface area contributed by atoms with Crippen LogP contribution < -0.4 is 15.5 Å². The topological polar surface area (TPSA) is 70.7 Å². The van der Waals surface area contributed by atoms with Crippen LogP contribution in [0.3, 0.4) is 0 Å². The van der Waals surface area contributed by atoms with E-state index in [1.807, 2.05) is 49.5 Å². The van der Waals surface area contributed by atoms with E-state index < -0.39 is 6.10 Å². The molecule has 2 atom stereocenters. The molecule has 1 saturated heterocycles. The van der Waals surface area contributed by atoms with Crippen LogP contribution in [0.15, 0.2) is 54.6 Å². The molecular formula is C24H27N3O3. The summed E-state index contributed by atoms with van der Waals surface area (Å²) in [5.74, 6) is 0.471. The third-order valence-corrected chi connectivity index (χ3v) is 5.73. The number of hydrogen-bond acceptors (Lipinski definition) is 5. The molecule has 0 aliphatic carbocycles. The minimum Gasteiger partial charge on any atom is -0.480 e. The Hall–Kier alpha value is -3.12. The van der Waals surface area contributed by atoms with Gasteiger partial charge in [-0.3, -0.25) is 9.59 Å². The van der Waals surface area contributed by atoms with Crippen LogP contribution >= 0.6 is 0 Å². The molecule has 156 valence electrons. The van der Waals surface area contributed by atoms with Gasteiger partial charge in [0.15, 0.2) is 11.9 Å². The van der Waals surface area contributed by atoms with Gasteiger partial charge in [-0.1, -0.05) is 18.2 Å². The Morgan fingerprint density at radius 1 is 1.13 bits per heavy atom. The largest absolute Gasteiger partial charge is 0.480 e. The van der Waals surface area contributed by atoms with Crippen LogP contribution in [-0.2, 0) is 9.53 Å². The van der Waals surface area contributed by atoms with Crippen LogP contribution in [-0.4, -0.2) is 44.0 Å². The Balaban J connectivity index is 1.34. The second-order valence-corrected chi connectivity index (χ2v) is 7.80. The lowest BCUT2D eigenvalue weighted by atomic mass is 10.1. The van der Waals surface area contributed by atoms with Gasteiger partial charge in [0.2, 0.25) is 0 Å². The zero-order valence-corrected chi connectivity index (χ0v) is 17.4. The van der Waals surface area contributed by atoms with Crippen molar-refractivity contribution < 1.29 is 14.3 Å². The number of amides is 1. The molecule has 0 radical (unpaired) electrons. The maximum atomic E-state index is 12.6. The fourth-order valence-electron chi connectivity index (χ4n) is 3.91. The number of ketones is 1. The molecular weight excluding hydrogens is 378 g/mol. The second kappa shape index (κ2) is 8.71. The molecule has 0 aromatic heterocycles. The summed E-state index contributed by atoms with van der Waals surface area (Å²) in [6, 6.07) is 15.7. The number of Topliss-reactive ketones (excluding diaryl/α,β-unsaturated/α-hetero) is 1. The van der Waals surface area contributed by atoms with Crippen molar-refractivity contribution in [2.75, 3.05) is 30.4 Å². The van der Waals surface area contributed by atoms with E-state index in [0.717, 1.165) is 36.4 Å². The average Bonchev–Trinajstić information content (AvgIpc) is 3.44. The van der Waals surface area contributed by atoms with E-state index in [1.165, 1.54) is 6.92 Å². The number of benzene rings is 2. The van der Waals surface area contributed by atoms with E-state index in [-0.39, 0.29) is 11.7 Å². The fourth-order valence-corrected chi connectivity index (χ4v) is 3.91. The maximum absolute atomic E-state index is 12.6. The lowest BCUT2D eigenvalue weighted by molar-refractivity contribution is -0.123. The summed E-state index contributed by atoms with van der Waals surface area (Å²) in [4.78, 5) is 26.6. The van der Waals surface area contributed by atoms with Crippen molar-refractivity contribution in [2.24, 2.45) is 0 Å². The van der Waals surface area contributed by atoms with E-state index in [0.29, 0.717) is 23.8 Å². The number of hydrogen-bond donors (Lipinski definition) is 2. The van der Waals surface area contributed by atoms with Gasteiger partial charge in [-0.2, -0.15) is 0 Å². The summed E-state index contributed by atoms with van der Waals surface area (Å²) in [6.07, 6.45) is 2.97. The van der Waals surface area contributed by atoms with Gasteiger partial charge in [0.1, 0.15) is 5.76 Å². The minimum atomic E-state index is -0.573. The predicted octanol–water partition coefficient (Wildman–Crippen LogP) is 3.46. The summed E-state index contributed by atoms with van der Waals surface area (Å²) >= 11 is 0. The van der Waals surface area contributed by atoms with Gasteiger partial charge in [-0.05, 0) is 56.8 Å². The van der Waals surface area contributed by atoms with Gasteiger partial charge < -0.3 is 20.3 Å². The molecule has 2 aliphatic rings. The summed E-state index contributed by atoms with van der Waals surface area (Å²) in [7, 11) is 2.00. The molecule has 1 amide bonds. The van der Waals surface area contributed by atoms with Crippen molar-refractivity contribution >= 4 is 28.8 Å². The SMILES string of the molecule is CNC1CCN(c2ccc(NC(=O)C3CC=C(c4cccc(C(C)=O)c4)O3)cc2)C1. The second-order valence-electron chi connectivity index (χ2n) is 7.80. The Labute approximate surface area is 176 Å². The fraction of sp³-hybridized carbons (Fsp3) is 0.333. The highest BCUT2D eigenvalue weighted by molar-refractivity contribution is 5.96. The van der Waals surface area contributed by atoms with E-state index in [9.17, 15) is 9.59 Å². The number of carbonyl (C=O) groups excluding carboxylic acids is 2. The Bertz CT molecular complexity index is 968. The Morgan fingerprint density at radius 3 is 2.63 bits per heavy atom. The summed E-state index contributed by atoms with van der Waals surface area (Å²) in [5, 5.41) is 6.26. The van der Waals surface area contributed by atoms with Gasteiger partial charge in [-0.15, -0.1) is 0 Å². The van der Waals surface area contributed by atoms with Crippen LogP contribution in [0.4, 0.5) is 11.4 Å². The van der Waals surface area contributed by atoms with Crippen molar-refractivity contribution in [1.29, 1.82) is 0 Å². The van der Waals surface area contributed by atoms with Gasteiger partial charge in [-0.25, -0.2) is 0 Å². The molecule has 6 nitrogen and oxygen atoms in total. The van der Waals surface area contributed by atoms with Gasteiger partial charge in [0.25, 0.3) is 5.91 Å². The molecule has 0 saturated carbocycles. The van der Waals surface area contributed by atoms with Gasteiger partial charge in [0, 0.05) is 48.1 Å². The maximum Gasteiger partial charge on any atom is 0.265 e. The minimum absolute atomic E-state index is 0.00333. The van der Waals surface area contributed by atoms with E-state index in [1.54, 1.807) is 12.1 Å². The van der Waals surface area contributed by atoms with Gasteiger partial charge >= 0.3 is 0 Å². The lowest BCUT2D eigenvalue weighted by Gasteiger charge is -2.19. The predicted molar refractivity (Wildman–Crippen MR) is 119 cm³/mol. The first-order valence-electron chi connectivity index (χ1n) is 10.3. The Kier molecular flexibility index (Phi) is 5.86. The molecule has 30 heavy (non-hydrogen) atoms. The number of carbonyl (C=O) groups is 2. The summed E-state index contributed by atoms with van der Waals surface area (Å²) in [6.45, 7) is 3.57. The first-order chi connectivity index (χ1) is 14.5. The molecule has 0 spiro atoms. The zero-order chi connectivity index (χ0) is 21.1. The quantitative estimate of drug-likeness (QED) is 0.721. The van der Waals surface area contributed by atoms with E-state index in [4.69, 9.17) is 4.74 Å². The van der Waals surface area contributed by atoms with E-state index in [2.05, 4.69) is 15.5 Å². The summed E-state index contributed by atoms with van der Waals surface area (Å²) in [5.41, 5.74) is 3.36. The number of ether oxygens (including phenoxy) is 1. The first kappa shape index (κ1) is 20.2. The first-order valence-corrected chi connectivity index (χ1v) is 10.3. The molecule has 2 aromatic carbocycles. The highest BCUT2D eigenvalue weighted by Crippen LogP contribution is 2.28.